The molecule has 4 fully saturated rings. The van der Waals surface area contributed by atoms with Gasteiger partial charge in [-0.15, -0.1) is 0 Å². The molecule has 4 saturated carbocycles. The van der Waals surface area contributed by atoms with Crippen LogP contribution in [0, 0.1) is 23.7 Å². The molecule has 0 radical (unpaired) electrons. The Balaban J connectivity index is 0.741. The van der Waals surface area contributed by atoms with Crippen LogP contribution in [0.1, 0.15) is 43.2 Å². The number of anilines is 4. The van der Waals surface area contributed by atoms with E-state index in [0.717, 1.165) is 62.9 Å². The first-order valence-electron chi connectivity index (χ1n) is 26.6. The van der Waals surface area contributed by atoms with Crippen molar-refractivity contribution in [2.24, 2.45) is 23.7 Å². The lowest BCUT2D eigenvalue weighted by Gasteiger charge is -2.62. The van der Waals surface area contributed by atoms with E-state index < -0.39 is 0 Å². The summed E-state index contributed by atoms with van der Waals surface area (Å²) in [5, 5.41) is 7.66. The largest absolute Gasteiger partial charge is 0.457 e. The smallest absolute Gasteiger partial charge is 0.137 e. The third-order valence-corrected chi connectivity index (χ3v) is 17.9. The monoisotopic (exact) mass is 955 g/mol. The quantitative estimate of drug-likeness (QED) is 0.152. The summed E-state index contributed by atoms with van der Waals surface area (Å²) in [5.41, 5.74) is 13.2. The van der Waals surface area contributed by atoms with Crippen LogP contribution >= 0.6 is 0 Å². The van der Waals surface area contributed by atoms with Crippen molar-refractivity contribution in [2.45, 2.75) is 37.5 Å². The molecule has 0 saturated heterocycles. The summed E-state index contributed by atoms with van der Waals surface area (Å²) in [6.07, 6.45) is 8.76. The lowest BCUT2D eigenvalue weighted by atomic mass is 9.42. The third kappa shape index (κ3) is 6.21. The van der Waals surface area contributed by atoms with Gasteiger partial charge in [0, 0.05) is 62.4 Å². The van der Waals surface area contributed by atoms with Crippen LogP contribution in [0.15, 0.2) is 225 Å². The lowest BCUT2D eigenvalue weighted by Crippen LogP contribution is -2.56. The highest BCUT2D eigenvalue weighted by atomic mass is 16.5. The van der Waals surface area contributed by atoms with Crippen molar-refractivity contribution in [3.63, 3.8) is 0 Å². The maximum Gasteiger partial charge on any atom is 0.137 e. The van der Waals surface area contributed by atoms with Crippen LogP contribution < -0.4 is 14.5 Å². The van der Waals surface area contributed by atoms with Crippen LogP contribution in [0.3, 0.4) is 0 Å². The van der Waals surface area contributed by atoms with E-state index in [4.69, 9.17) is 9.72 Å². The lowest BCUT2D eigenvalue weighted by molar-refractivity contribution is -0.0412. The predicted octanol–water partition coefficient (Wildman–Crippen LogP) is 17.2. The molecule has 4 aliphatic carbocycles. The van der Waals surface area contributed by atoms with Gasteiger partial charge in [0.25, 0.3) is 0 Å². The molecule has 3 aromatic heterocycles. The average Bonchev–Trinajstić information content (AvgIpc) is 4.12. The summed E-state index contributed by atoms with van der Waals surface area (Å²) in [6, 6.07) is 80.0. The average molecular weight is 956 g/mol. The van der Waals surface area contributed by atoms with Crippen LogP contribution in [-0.2, 0) is 5.41 Å². The first-order valence-corrected chi connectivity index (χ1v) is 26.6. The second-order valence-corrected chi connectivity index (χ2v) is 21.6. The number of nitrogens with zero attached hydrogens (tertiary/aromatic N) is 5. The Morgan fingerprint density at radius 2 is 0.959 bits per heavy atom. The first-order chi connectivity index (χ1) is 36.6. The minimum Gasteiger partial charge on any atom is -0.457 e. The van der Waals surface area contributed by atoms with Crippen LogP contribution in [0.5, 0.6) is 11.5 Å². The van der Waals surface area contributed by atoms with Crippen molar-refractivity contribution >= 4 is 77.1 Å². The highest BCUT2D eigenvalue weighted by molar-refractivity contribution is 6.10. The number of aromatic nitrogens is 3. The van der Waals surface area contributed by atoms with E-state index in [0.29, 0.717) is 18.5 Å². The molecule has 6 nitrogen and oxygen atoms in total. The zero-order valence-corrected chi connectivity index (χ0v) is 41.1. The summed E-state index contributed by atoms with van der Waals surface area (Å²) in [6.45, 7) is 0.667. The minimum absolute atomic E-state index is 0.0735. The molecule has 74 heavy (non-hydrogen) atoms. The van der Waals surface area contributed by atoms with E-state index in [-0.39, 0.29) is 5.41 Å². The Morgan fingerprint density at radius 1 is 0.405 bits per heavy atom. The fourth-order valence-electron chi connectivity index (χ4n) is 15.1. The molecule has 0 atom stereocenters. The van der Waals surface area contributed by atoms with Crippen LogP contribution in [0.2, 0.25) is 0 Å². The Hall–Kier alpha value is -8.61. The van der Waals surface area contributed by atoms with E-state index in [2.05, 4.69) is 244 Å². The zero-order valence-electron chi connectivity index (χ0n) is 41.1. The Bertz CT molecular complexity index is 4120. The number of pyridine rings is 1. The molecule has 17 rings (SSSR count). The van der Waals surface area contributed by atoms with E-state index in [1.165, 1.54) is 92.3 Å². The summed E-state index contributed by atoms with van der Waals surface area (Å²) >= 11 is 0. The Kier molecular flexibility index (Phi) is 9.18. The van der Waals surface area contributed by atoms with Crippen molar-refractivity contribution in [1.82, 2.24) is 14.1 Å². The molecular formula is C68H53N5O. The van der Waals surface area contributed by atoms with Gasteiger partial charge in [0.15, 0.2) is 0 Å². The molecule has 6 heteroatoms. The standard InChI is InChI=1S/C68H53N5O/c1-2-17-55-46(13-1)14-11-21-60(55)68(48-36-44-35-45(38-48)39-49(68)37-44)47-33-34-69-67(40-47)73-63-24-8-5-20-58(63)59-32-31-54(42-66(59)73)74-53-16-12-15-52(41-53)71-43-70(64-25-9-10-26-65(64)71)50-27-29-51(30-28-50)72-61-22-6-3-18-56(61)57-19-4-7-23-62(57)72/h1-34,40-42,44-45,48-49H,35-39,43H2. The van der Waals surface area contributed by atoms with Crippen molar-refractivity contribution in [1.29, 1.82) is 0 Å². The van der Waals surface area contributed by atoms with Crippen LogP contribution in [0.25, 0.3) is 65.9 Å². The van der Waals surface area contributed by atoms with Gasteiger partial charge in [-0.25, -0.2) is 4.98 Å². The maximum atomic E-state index is 6.90. The number of ether oxygens (including phenoxy) is 1. The van der Waals surface area contributed by atoms with Gasteiger partial charge >= 0.3 is 0 Å². The summed E-state index contributed by atoms with van der Waals surface area (Å²) < 4.78 is 11.7. The highest BCUT2D eigenvalue weighted by Crippen LogP contribution is 2.66. The molecule has 12 aromatic rings. The molecule has 4 heterocycles. The zero-order chi connectivity index (χ0) is 48.5. The number of hydrogen-bond donors (Lipinski definition) is 0. The minimum atomic E-state index is -0.0735. The predicted molar refractivity (Wildman–Crippen MR) is 303 cm³/mol. The fraction of sp³-hybridized carbons (Fsp3) is 0.162. The van der Waals surface area contributed by atoms with E-state index in [9.17, 15) is 0 Å². The number of fused-ring (bicyclic) bond motifs is 8. The molecule has 356 valence electrons. The molecule has 0 amide bonds. The van der Waals surface area contributed by atoms with Crippen LogP contribution in [0.4, 0.5) is 22.7 Å². The van der Waals surface area contributed by atoms with Gasteiger partial charge in [-0.3, -0.25) is 4.57 Å². The maximum absolute atomic E-state index is 6.90. The van der Waals surface area contributed by atoms with E-state index >= 15 is 0 Å². The Morgan fingerprint density at radius 3 is 1.66 bits per heavy atom. The molecular weight excluding hydrogens is 903 g/mol. The van der Waals surface area contributed by atoms with Crippen molar-refractivity contribution in [2.75, 3.05) is 16.5 Å². The molecule has 5 aliphatic rings. The van der Waals surface area contributed by atoms with Gasteiger partial charge in [0.05, 0.1) is 33.4 Å². The van der Waals surface area contributed by atoms with Gasteiger partial charge in [0.2, 0.25) is 0 Å². The van der Waals surface area contributed by atoms with Gasteiger partial charge < -0.3 is 19.1 Å². The summed E-state index contributed by atoms with van der Waals surface area (Å²) in [4.78, 5) is 10.0. The number of para-hydroxylation sites is 5. The second kappa shape index (κ2) is 16.2. The number of benzene rings is 9. The Labute approximate surface area is 430 Å². The summed E-state index contributed by atoms with van der Waals surface area (Å²) in [7, 11) is 0. The van der Waals surface area contributed by atoms with Crippen molar-refractivity contribution < 1.29 is 4.74 Å². The van der Waals surface area contributed by atoms with Gasteiger partial charge in [-0.05, 0) is 169 Å². The topological polar surface area (TPSA) is 38.5 Å². The van der Waals surface area contributed by atoms with Crippen molar-refractivity contribution in [3.05, 3.63) is 236 Å². The van der Waals surface area contributed by atoms with Gasteiger partial charge in [0.1, 0.15) is 24.0 Å². The van der Waals surface area contributed by atoms with Crippen LogP contribution in [-0.4, -0.2) is 20.8 Å². The first kappa shape index (κ1) is 42.0. The SMILES string of the molecule is c1cc(Oc2ccc3c4ccccc4n(-c4cc(C5(c6cccc7ccccc67)C6CC7CC(C6)CC5C7)ccn4)c3c2)cc(N2CN(c3ccc(-n4c5ccccc5c5ccccc54)cc3)c3ccccc32)c1. The number of rotatable bonds is 8. The normalized spacial score (nSPS) is 20.9. The van der Waals surface area contributed by atoms with E-state index in [1.807, 2.05) is 0 Å². The summed E-state index contributed by atoms with van der Waals surface area (Å²) in [5.74, 6) is 5.44. The van der Waals surface area contributed by atoms with E-state index in [1.54, 1.807) is 0 Å². The molecule has 0 unspecified atom stereocenters. The molecule has 9 aromatic carbocycles. The molecule has 0 N–H and O–H groups in total. The second-order valence-electron chi connectivity index (χ2n) is 21.6. The van der Waals surface area contributed by atoms with Crippen molar-refractivity contribution in [3.8, 4) is 23.0 Å². The van der Waals surface area contributed by atoms with Gasteiger partial charge in [-0.1, -0.05) is 115 Å². The third-order valence-electron chi connectivity index (χ3n) is 17.9. The molecule has 1 aliphatic heterocycles. The highest BCUT2D eigenvalue weighted by Gasteiger charge is 2.59. The fourth-order valence-corrected chi connectivity index (χ4v) is 15.1. The molecule has 0 spiro atoms. The van der Waals surface area contributed by atoms with Gasteiger partial charge in [-0.2, -0.15) is 0 Å². The number of hydrogen-bond acceptors (Lipinski definition) is 4. The molecule has 4 bridgehead atoms.